The Labute approximate surface area is 189 Å². The van der Waals surface area contributed by atoms with Crippen LogP contribution in [-0.2, 0) is 6.18 Å². The second-order valence-corrected chi connectivity index (χ2v) is 7.79. The topological polar surface area (TPSA) is 87.8 Å². The van der Waals surface area contributed by atoms with Gasteiger partial charge in [-0.15, -0.1) is 23.4 Å². The number of benzene rings is 1. The number of hydrogen-bond donors (Lipinski definition) is 2. The van der Waals surface area contributed by atoms with E-state index in [-0.39, 0.29) is 41.4 Å². The molecule has 0 spiro atoms. The number of fused-ring (bicyclic) bond motifs is 1. The van der Waals surface area contributed by atoms with Crippen molar-refractivity contribution >= 4 is 11.5 Å². The Morgan fingerprint density at radius 3 is 2.65 bits per heavy atom. The molecule has 0 amide bonds. The summed E-state index contributed by atoms with van der Waals surface area (Å²) in [4.78, 5) is 6.08. The summed E-state index contributed by atoms with van der Waals surface area (Å²) in [6.45, 7) is 2.05. The average molecular weight is 490 g/mol. The minimum Gasteiger partial charge on any atom is -0.405 e. The largest absolute Gasteiger partial charge is 0.573 e. The van der Waals surface area contributed by atoms with Gasteiger partial charge in [0, 0.05) is 24.7 Å². The highest BCUT2D eigenvalue weighted by Crippen LogP contribution is 2.40. The van der Waals surface area contributed by atoms with Crippen LogP contribution in [0.3, 0.4) is 0 Å². The minimum atomic E-state index is -5.22. The molecule has 0 bridgehead atoms. The number of aromatic nitrogens is 4. The van der Waals surface area contributed by atoms with Crippen LogP contribution in [0.5, 0.6) is 5.75 Å². The lowest BCUT2D eigenvalue weighted by atomic mass is 10.1. The number of piperidine rings is 1. The van der Waals surface area contributed by atoms with Gasteiger partial charge in [0.2, 0.25) is 5.95 Å². The van der Waals surface area contributed by atoms with Crippen molar-refractivity contribution in [2.75, 3.05) is 31.6 Å². The molecule has 14 heteroatoms. The number of nitrogens with zero attached hydrogens (tertiary/aromatic N) is 5. The summed E-state index contributed by atoms with van der Waals surface area (Å²) >= 11 is 0. The fourth-order valence-electron chi connectivity index (χ4n) is 3.93. The van der Waals surface area contributed by atoms with E-state index in [1.54, 1.807) is 0 Å². The second kappa shape index (κ2) is 9.25. The molecule has 2 N–H and O–H groups in total. The van der Waals surface area contributed by atoms with Crippen molar-refractivity contribution in [3.8, 4) is 17.0 Å². The number of hydrogen-bond acceptors (Lipinski definition) is 7. The highest BCUT2D eigenvalue weighted by atomic mass is 19.4. The van der Waals surface area contributed by atoms with Gasteiger partial charge >= 0.3 is 12.5 Å². The van der Waals surface area contributed by atoms with Crippen LogP contribution in [0, 0.1) is 0 Å². The van der Waals surface area contributed by atoms with Crippen LogP contribution >= 0.6 is 0 Å². The van der Waals surface area contributed by atoms with E-state index in [2.05, 4.69) is 30.1 Å². The van der Waals surface area contributed by atoms with E-state index in [9.17, 15) is 26.3 Å². The number of alkyl halides is 6. The third-order valence-corrected chi connectivity index (χ3v) is 5.40. The zero-order valence-corrected chi connectivity index (χ0v) is 17.6. The van der Waals surface area contributed by atoms with Gasteiger partial charge in [0.05, 0.1) is 23.9 Å². The summed E-state index contributed by atoms with van der Waals surface area (Å²) in [5, 5.41) is 20.4. The van der Waals surface area contributed by atoms with E-state index in [0.29, 0.717) is 19.2 Å². The number of β-amino-alcohol motifs (C(OH)–C–C–N with tert-alkyl or cyclic N) is 1. The number of likely N-dealkylation sites (tertiary alicyclic amines) is 1. The molecule has 2 aromatic heterocycles. The number of rotatable bonds is 6. The summed E-state index contributed by atoms with van der Waals surface area (Å²) in [6, 6.07) is 1.77. The first-order chi connectivity index (χ1) is 16.0. The highest BCUT2D eigenvalue weighted by Gasteiger charge is 2.36. The number of imidazole rings is 1. The lowest BCUT2D eigenvalue weighted by molar-refractivity contribution is -0.274. The van der Waals surface area contributed by atoms with Crippen LogP contribution in [0.4, 0.5) is 32.3 Å². The van der Waals surface area contributed by atoms with Crippen molar-refractivity contribution in [1.29, 1.82) is 0 Å². The zero-order chi connectivity index (χ0) is 24.5. The maximum absolute atomic E-state index is 13.1. The Kier molecular flexibility index (Phi) is 6.53. The molecule has 0 radical (unpaired) electrons. The van der Waals surface area contributed by atoms with Crippen LogP contribution in [0.1, 0.15) is 18.4 Å². The number of anilines is 1. The second-order valence-electron chi connectivity index (χ2n) is 7.79. The predicted molar refractivity (Wildman–Crippen MR) is 108 cm³/mol. The summed E-state index contributed by atoms with van der Waals surface area (Å²) in [5.41, 5.74) is -1.51. The lowest BCUT2D eigenvalue weighted by Crippen LogP contribution is -2.43. The van der Waals surface area contributed by atoms with Gasteiger partial charge < -0.3 is 15.2 Å². The molecule has 34 heavy (non-hydrogen) atoms. The molecule has 3 aromatic rings. The molecular formula is C20H20F6N6O2. The molecule has 1 aliphatic rings. The molecule has 8 nitrogen and oxygen atoms in total. The molecule has 1 aliphatic heterocycles. The molecule has 1 aromatic carbocycles. The Morgan fingerprint density at radius 1 is 1.15 bits per heavy atom. The van der Waals surface area contributed by atoms with Crippen molar-refractivity contribution in [3.05, 3.63) is 36.3 Å². The molecule has 3 heterocycles. The van der Waals surface area contributed by atoms with Crippen molar-refractivity contribution in [2.24, 2.45) is 0 Å². The van der Waals surface area contributed by atoms with Gasteiger partial charge in [-0.1, -0.05) is 0 Å². The molecular weight excluding hydrogens is 470 g/mol. The van der Waals surface area contributed by atoms with Gasteiger partial charge in [0.15, 0.2) is 0 Å². The minimum absolute atomic E-state index is 0.0266. The van der Waals surface area contributed by atoms with Gasteiger partial charge in [-0.25, -0.2) is 4.98 Å². The first-order valence-electron chi connectivity index (χ1n) is 10.3. The summed E-state index contributed by atoms with van der Waals surface area (Å²) < 4.78 is 83.4. The van der Waals surface area contributed by atoms with Crippen molar-refractivity contribution < 1.29 is 36.2 Å². The quantitative estimate of drug-likeness (QED) is 0.511. The van der Waals surface area contributed by atoms with Gasteiger partial charge in [-0.2, -0.15) is 13.2 Å². The number of ether oxygens (including phenoxy) is 1. The maximum Gasteiger partial charge on any atom is 0.573 e. The first kappa shape index (κ1) is 24.0. The van der Waals surface area contributed by atoms with Crippen molar-refractivity contribution in [2.45, 2.75) is 31.4 Å². The molecule has 1 fully saturated rings. The van der Waals surface area contributed by atoms with Crippen LogP contribution in [-0.4, -0.2) is 68.2 Å². The van der Waals surface area contributed by atoms with Crippen LogP contribution in [0.25, 0.3) is 16.8 Å². The van der Waals surface area contributed by atoms with Crippen molar-refractivity contribution in [3.63, 3.8) is 0 Å². The fourth-order valence-corrected chi connectivity index (χ4v) is 3.93. The Hall–Kier alpha value is -3.13. The van der Waals surface area contributed by atoms with E-state index >= 15 is 0 Å². The number of aliphatic hydroxyl groups is 1. The van der Waals surface area contributed by atoms with Crippen molar-refractivity contribution in [1.82, 2.24) is 24.5 Å². The Balaban J connectivity index is 1.70. The summed E-state index contributed by atoms with van der Waals surface area (Å²) in [5.74, 6) is -0.773. The van der Waals surface area contributed by atoms with E-state index in [4.69, 9.17) is 5.11 Å². The predicted octanol–water partition coefficient (Wildman–Crippen LogP) is 3.58. The van der Waals surface area contributed by atoms with Gasteiger partial charge in [0.1, 0.15) is 17.8 Å². The fraction of sp³-hybridized carbons (Fsp3) is 0.450. The third kappa shape index (κ3) is 5.33. The Morgan fingerprint density at radius 2 is 1.94 bits per heavy atom. The SMILES string of the molecule is OCCN1CCC[C@@H](Nc2nnc(-c3ccc(C(F)(F)F)cc3OC(F)(F)F)c3cncn23)C1. The average Bonchev–Trinajstić information content (AvgIpc) is 3.23. The summed E-state index contributed by atoms with van der Waals surface area (Å²) in [6.07, 6.45) is -5.67. The number of halogens is 6. The third-order valence-electron chi connectivity index (χ3n) is 5.40. The van der Waals surface area contributed by atoms with Crippen LogP contribution in [0.2, 0.25) is 0 Å². The molecule has 0 unspecified atom stereocenters. The van der Waals surface area contributed by atoms with E-state index in [0.717, 1.165) is 25.5 Å². The molecule has 0 saturated carbocycles. The van der Waals surface area contributed by atoms with E-state index in [1.807, 2.05) is 0 Å². The number of aliphatic hydroxyl groups excluding tert-OH is 1. The van der Waals surface area contributed by atoms with E-state index < -0.39 is 23.9 Å². The van der Waals surface area contributed by atoms with Gasteiger partial charge in [-0.05, 0) is 37.6 Å². The molecule has 4 rings (SSSR count). The highest BCUT2D eigenvalue weighted by molar-refractivity contribution is 5.81. The van der Waals surface area contributed by atoms with Crippen LogP contribution < -0.4 is 10.1 Å². The molecule has 184 valence electrons. The summed E-state index contributed by atoms with van der Waals surface area (Å²) in [7, 11) is 0. The molecule has 1 saturated heterocycles. The number of nitrogens with one attached hydrogen (secondary N) is 1. The smallest absolute Gasteiger partial charge is 0.405 e. The molecule has 0 aliphatic carbocycles. The lowest BCUT2D eigenvalue weighted by Gasteiger charge is -2.32. The first-order valence-corrected chi connectivity index (χ1v) is 10.3. The Bertz CT molecular complexity index is 1150. The van der Waals surface area contributed by atoms with Gasteiger partial charge in [-0.3, -0.25) is 9.30 Å². The molecule has 1 atom stereocenters. The monoisotopic (exact) mass is 490 g/mol. The normalized spacial score (nSPS) is 17.8. The maximum atomic E-state index is 13.1. The standard InChI is InChI=1S/C20H20F6N6O2/c21-19(22,23)12-3-4-14(16(8-12)34-20(24,25)26)17-15-9-27-11-32(15)18(30-29-17)28-13-2-1-5-31(10-13)6-7-33/h3-4,8-9,11,13,33H,1-2,5-7,10H2,(H,28,30)/t13-/m1/s1. The van der Waals surface area contributed by atoms with E-state index in [1.165, 1.54) is 16.9 Å². The van der Waals surface area contributed by atoms with Crippen LogP contribution in [0.15, 0.2) is 30.7 Å². The van der Waals surface area contributed by atoms with Gasteiger partial charge in [0.25, 0.3) is 0 Å². The zero-order valence-electron chi connectivity index (χ0n) is 17.6.